The zero-order valence-electron chi connectivity index (χ0n) is 13.2. The highest BCUT2D eigenvalue weighted by Crippen LogP contribution is 2.28. The van der Waals surface area contributed by atoms with Crippen molar-refractivity contribution in [3.8, 4) is 29.7 Å². The van der Waals surface area contributed by atoms with Gasteiger partial charge in [-0.1, -0.05) is 24.3 Å². The van der Waals surface area contributed by atoms with Crippen molar-refractivity contribution < 1.29 is 4.42 Å². The van der Waals surface area contributed by atoms with Crippen molar-refractivity contribution in [2.24, 2.45) is 0 Å². The number of nitrogens with one attached hydrogen (secondary N) is 1. The van der Waals surface area contributed by atoms with Gasteiger partial charge in [0.1, 0.15) is 23.9 Å². The molecule has 26 heavy (non-hydrogen) atoms. The summed E-state index contributed by atoms with van der Waals surface area (Å²) in [6.07, 6.45) is 0. The summed E-state index contributed by atoms with van der Waals surface area (Å²) in [6.45, 7) is 0. The Kier molecular flexibility index (Phi) is 4.43. The molecule has 0 radical (unpaired) electrons. The molecule has 1 N–H and O–H groups in total. The molecule has 3 aromatic rings. The normalized spacial score (nSPS) is 9.58. The van der Waals surface area contributed by atoms with Crippen LogP contribution in [0.25, 0.3) is 22.4 Å². The second-order valence-electron chi connectivity index (χ2n) is 5.08. The lowest BCUT2D eigenvalue weighted by molar-refractivity contribution is 0.518. The second-order valence-corrected chi connectivity index (χ2v) is 5.08. The standard InChI is InChI=1S/C19H9N5O2/c20-9-12(10-21)17(11-22)23-15-7-3-1-5-13(15)18-24-16-8-4-2-6-14(16)19(25)26-18/h1-8,23H. The Bertz CT molecular complexity index is 1200. The van der Waals surface area contributed by atoms with Gasteiger partial charge in [-0.25, -0.2) is 9.78 Å². The third kappa shape index (κ3) is 2.99. The maximum absolute atomic E-state index is 12.2. The van der Waals surface area contributed by atoms with Crippen molar-refractivity contribution in [3.05, 3.63) is 70.2 Å². The molecule has 0 saturated heterocycles. The molecular weight excluding hydrogens is 330 g/mol. The Hall–Kier alpha value is -4.41. The molecule has 3 rings (SSSR count). The predicted octanol–water partition coefficient (Wildman–Crippen LogP) is 3.09. The lowest BCUT2D eigenvalue weighted by Gasteiger charge is -2.10. The Morgan fingerprint density at radius 3 is 2.38 bits per heavy atom. The van der Waals surface area contributed by atoms with Crippen LogP contribution in [-0.4, -0.2) is 4.98 Å². The molecule has 0 aliphatic heterocycles. The number of allylic oxidation sites excluding steroid dienone is 2. The van der Waals surface area contributed by atoms with Gasteiger partial charge in [0, 0.05) is 0 Å². The zero-order chi connectivity index (χ0) is 18.5. The highest BCUT2D eigenvalue weighted by atomic mass is 16.4. The maximum atomic E-state index is 12.2. The van der Waals surface area contributed by atoms with Gasteiger partial charge in [-0.05, 0) is 24.3 Å². The van der Waals surface area contributed by atoms with Crippen LogP contribution in [0.15, 0.2) is 69.0 Å². The van der Waals surface area contributed by atoms with Crippen LogP contribution in [0.4, 0.5) is 5.69 Å². The summed E-state index contributed by atoms with van der Waals surface area (Å²) in [7, 11) is 0. The number of para-hydroxylation sites is 2. The number of aromatic nitrogens is 1. The van der Waals surface area contributed by atoms with Crippen LogP contribution in [0.5, 0.6) is 0 Å². The fraction of sp³-hybridized carbons (Fsp3) is 0. The topological polar surface area (TPSA) is 127 Å². The molecule has 0 amide bonds. The minimum absolute atomic E-state index is 0.0598. The van der Waals surface area contributed by atoms with Gasteiger partial charge in [0.15, 0.2) is 5.57 Å². The number of fused-ring (bicyclic) bond motifs is 1. The van der Waals surface area contributed by atoms with Crippen molar-refractivity contribution in [3.63, 3.8) is 0 Å². The van der Waals surface area contributed by atoms with Gasteiger partial charge in [0.25, 0.3) is 0 Å². The van der Waals surface area contributed by atoms with Crippen LogP contribution in [0, 0.1) is 34.0 Å². The van der Waals surface area contributed by atoms with Gasteiger partial charge in [-0.3, -0.25) is 0 Å². The van der Waals surface area contributed by atoms with Gasteiger partial charge >= 0.3 is 5.63 Å². The van der Waals surface area contributed by atoms with Crippen molar-refractivity contribution in [1.29, 1.82) is 15.8 Å². The number of hydrogen-bond acceptors (Lipinski definition) is 7. The molecule has 7 nitrogen and oxygen atoms in total. The monoisotopic (exact) mass is 339 g/mol. The maximum Gasteiger partial charge on any atom is 0.347 e. The lowest BCUT2D eigenvalue weighted by Crippen LogP contribution is -2.05. The molecule has 7 heteroatoms. The lowest BCUT2D eigenvalue weighted by atomic mass is 10.1. The average molecular weight is 339 g/mol. The number of nitrogens with zero attached hydrogens (tertiary/aromatic N) is 4. The number of rotatable bonds is 3. The molecule has 0 bridgehead atoms. The Balaban J connectivity index is 2.17. The number of benzene rings is 2. The largest absolute Gasteiger partial charge is 0.403 e. The Labute approximate surface area is 147 Å². The van der Waals surface area contributed by atoms with E-state index in [1.807, 2.05) is 0 Å². The first-order chi connectivity index (χ1) is 12.7. The Morgan fingerprint density at radius 2 is 1.65 bits per heavy atom. The quantitative estimate of drug-likeness (QED) is 0.726. The van der Waals surface area contributed by atoms with Crippen LogP contribution in [0.3, 0.4) is 0 Å². The third-order valence-electron chi connectivity index (χ3n) is 3.54. The molecule has 1 aromatic heterocycles. The fourth-order valence-corrected chi connectivity index (χ4v) is 2.33. The van der Waals surface area contributed by atoms with Gasteiger partial charge in [-0.15, -0.1) is 0 Å². The highest BCUT2D eigenvalue weighted by molar-refractivity contribution is 5.81. The number of anilines is 1. The molecule has 122 valence electrons. The minimum atomic E-state index is -0.536. The molecule has 1 heterocycles. The van der Waals surface area contributed by atoms with Crippen molar-refractivity contribution in [2.45, 2.75) is 0 Å². The molecular formula is C19H9N5O2. The summed E-state index contributed by atoms with van der Waals surface area (Å²) in [5.41, 5.74) is 0.169. The molecule has 0 atom stereocenters. The first-order valence-corrected chi connectivity index (χ1v) is 7.39. The molecule has 0 saturated carbocycles. The SMILES string of the molecule is N#CC(C#N)=C(C#N)Nc1ccccc1-c1nc2ccccc2c(=O)o1. The van der Waals surface area contributed by atoms with Crippen LogP contribution in [-0.2, 0) is 0 Å². The van der Waals surface area contributed by atoms with E-state index in [4.69, 9.17) is 14.9 Å². The van der Waals surface area contributed by atoms with E-state index in [0.29, 0.717) is 22.2 Å². The van der Waals surface area contributed by atoms with Crippen LogP contribution < -0.4 is 10.9 Å². The van der Waals surface area contributed by atoms with E-state index >= 15 is 0 Å². The van der Waals surface area contributed by atoms with Crippen molar-refractivity contribution >= 4 is 16.6 Å². The van der Waals surface area contributed by atoms with Crippen LogP contribution in [0.1, 0.15) is 0 Å². The smallest absolute Gasteiger partial charge is 0.347 e. The zero-order valence-corrected chi connectivity index (χ0v) is 13.2. The molecule has 2 aromatic carbocycles. The predicted molar refractivity (Wildman–Crippen MR) is 93.2 cm³/mol. The summed E-state index contributed by atoms with van der Waals surface area (Å²) in [6, 6.07) is 18.6. The Morgan fingerprint density at radius 1 is 0.962 bits per heavy atom. The molecule has 0 unspecified atom stereocenters. The summed E-state index contributed by atoms with van der Waals surface area (Å²) < 4.78 is 5.31. The van der Waals surface area contributed by atoms with Crippen molar-refractivity contribution in [2.75, 3.05) is 5.32 Å². The van der Waals surface area contributed by atoms with E-state index < -0.39 is 5.63 Å². The van der Waals surface area contributed by atoms with Crippen LogP contribution in [0.2, 0.25) is 0 Å². The average Bonchev–Trinajstić information content (AvgIpc) is 2.68. The third-order valence-corrected chi connectivity index (χ3v) is 3.54. The van der Waals surface area contributed by atoms with E-state index in [1.54, 1.807) is 66.7 Å². The number of nitriles is 3. The van der Waals surface area contributed by atoms with Gasteiger partial charge in [0.05, 0.1) is 22.2 Å². The van der Waals surface area contributed by atoms with E-state index in [-0.39, 0.29) is 17.2 Å². The van der Waals surface area contributed by atoms with E-state index in [0.717, 1.165) is 0 Å². The summed E-state index contributed by atoms with van der Waals surface area (Å²) in [4.78, 5) is 16.5. The van der Waals surface area contributed by atoms with Gasteiger partial charge in [-0.2, -0.15) is 15.8 Å². The summed E-state index contributed by atoms with van der Waals surface area (Å²) in [5.74, 6) is 0.0598. The fourth-order valence-electron chi connectivity index (χ4n) is 2.33. The van der Waals surface area contributed by atoms with E-state index in [9.17, 15) is 10.1 Å². The van der Waals surface area contributed by atoms with Crippen molar-refractivity contribution in [1.82, 2.24) is 4.98 Å². The molecule has 0 aliphatic rings. The van der Waals surface area contributed by atoms with E-state index in [2.05, 4.69) is 10.3 Å². The first kappa shape index (κ1) is 16.4. The molecule has 0 fully saturated rings. The second kappa shape index (κ2) is 7.00. The highest BCUT2D eigenvalue weighted by Gasteiger charge is 2.14. The van der Waals surface area contributed by atoms with E-state index in [1.165, 1.54) is 0 Å². The van der Waals surface area contributed by atoms with Gasteiger partial charge in [0.2, 0.25) is 5.89 Å². The molecule has 0 aliphatic carbocycles. The van der Waals surface area contributed by atoms with Gasteiger partial charge < -0.3 is 9.73 Å². The summed E-state index contributed by atoms with van der Waals surface area (Å²) in [5, 5.41) is 30.2. The molecule has 0 spiro atoms. The van der Waals surface area contributed by atoms with Crippen LogP contribution >= 0.6 is 0 Å². The minimum Gasteiger partial charge on any atom is -0.403 e. The summed E-state index contributed by atoms with van der Waals surface area (Å²) >= 11 is 0. The first-order valence-electron chi connectivity index (χ1n) is 7.39. The number of hydrogen-bond donors (Lipinski definition) is 1.